The van der Waals surface area contributed by atoms with Crippen LogP contribution in [-0.4, -0.2) is 22.3 Å². The van der Waals surface area contributed by atoms with Gasteiger partial charge in [-0.05, 0) is 24.4 Å². The summed E-state index contributed by atoms with van der Waals surface area (Å²) in [6.45, 7) is 0. The molecule has 0 spiro atoms. The lowest BCUT2D eigenvalue weighted by atomic mass is 10.2. The van der Waals surface area contributed by atoms with E-state index >= 15 is 0 Å². The second-order valence-electron chi connectivity index (χ2n) is 3.65. The summed E-state index contributed by atoms with van der Waals surface area (Å²) in [4.78, 5) is 5.44. The SMILES string of the molecule is COc1ccccc1-c1ncc(-c2n[nH]c(=S)o2)s1. The van der Waals surface area contributed by atoms with Crippen molar-refractivity contribution in [2.24, 2.45) is 0 Å². The Labute approximate surface area is 117 Å². The molecule has 1 aromatic carbocycles. The van der Waals surface area contributed by atoms with Crippen molar-refractivity contribution in [1.82, 2.24) is 15.2 Å². The Kier molecular flexibility index (Phi) is 3.14. The van der Waals surface area contributed by atoms with Crippen molar-refractivity contribution >= 4 is 23.6 Å². The first-order chi connectivity index (χ1) is 9.28. The maximum absolute atomic E-state index is 5.32. The van der Waals surface area contributed by atoms with Crippen LogP contribution in [0.3, 0.4) is 0 Å². The first kappa shape index (κ1) is 12.1. The lowest BCUT2D eigenvalue weighted by Crippen LogP contribution is -1.85. The zero-order chi connectivity index (χ0) is 13.2. The van der Waals surface area contributed by atoms with Crippen LogP contribution in [-0.2, 0) is 0 Å². The molecule has 5 nitrogen and oxygen atoms in total. The highest BCUT2D eigenvalue weighted by molar-refractivity contribution is 7.71. The number of aromatic nitrogens is 3. The van der Waals surface area contributed by atoms with Gasteiger partial charge in [0.25, 0.3) is 10.7 Å². The third-order valence-corrected chi connectivity index (χ3v) is 3.69. The van der Waals surface area contributed by atoms with Gasteiger partial charge < -0.3 is 9.15 Å². The van der Waals surface area contributed by atoms with E-state index in [9.17, 15) is 0 Å². The monoisotopic (exact) mass is 291 g/mol. The first-order valence-electron chi connectivity index (χ1n) is 5.43. The smallest absolute Gasteiger partial charge is 0.284 e. The Morgan fingerprint density at radius 3 is 2.95 bits per heavy atom. The second-order valence-corrected chi connectivity index (χ2v) is 5.05. The number of hydrogen-bond donors (Lipinski definition) is 1. The van der Waals surface area contributed by atoms with Gasteiger partial charge in [0.2, 0.25) is 0 Å². The second kappa shape index (κ2) is 4.94. The Balaban J connectivity index is 2.04. The summed E-state index contributed by atoms with van der Waals surface area (Å²) in [5.41, 5.74) is 0.940. The van der Waals surface area contributed by atoms with Crippen molar-refractivity contribution in [2.45, 2.75) is 0 Å². The molecule has 0 radical (unpaired) electrons. The Hall–Kier alpha value is -1.99. The number of rotatable bonds is 3. The van der Waals surface area contributed by atoms with Gasteiger partial charge in [-0.15, -0.1) is 16.4 Å². The van der Waals surface area contributed by atoms with E-state index in [4.69, 9.17) is 21.4 Å². The highest BCUT2D eigenvalue weighted by atomic mass is 32.1. The van der Waals surface area contributed by atoms with Gasteiger partial charge >= 0.3 is 0 Å². The number of hydrogen-bond acceptors (Lipinski definition) is 6. The van der Waals surface area contributed by atoms with Gasteiger partial charge in [-0.25, -0.2) is 10.1 Å². The molecular formula is C12H9N3O2S2. The number of para-hydroxylation sites is 1. The molecule has 0 saturated heterocycles. The molecule has 0 aliphatic carbocycles. The van der Waals surface area contributed by atoms with E-state index in [0.29, 0.717) is 5.89 Å². The first-order valence-corrected chi connectivity index (χ1v) is 6.65. The molecule has 0 amide bonds. The van der Waals surface area contributed by atoms with Crippen LogP contribution in [0.5, 0.6) is 5.75 Å². The van der Waals surface area contributed by atoms with E-state index in [1.54, 1.807) is 13.3 Å². The minimum Gasteiger partial charge on any atom is -0.496 e. The highest BCUT2D eigenvalue weighted by Crippen LogP contribution is 2.35. The number of H-pyrrole nitrogens is 1. The van der Waals surface area contributed by atoms with Gasteiger partial charge in [-0.3, -0.25) is 0 Å². The van der Waals surface area contributed by atoms with Crippen molar-refractivity contribution < 1.29 is 9.15 Å². The average molecular weight is 291 g/mol. The Morgan fingerprint density at radius 1 is 1.37 bits per heavy atom. The van der Waals surface area contributed by atoms with Gasteiger partial charge in [0.1, 0.15) is 15.6 Å². The van der Waals surface area contributed by atoms with E-state index in [1.165, 1.54) is 11.3 Å². The van der Waals surface area contributed by atoms with E-state index in [1.807, 2.05) is 24.3 Å². The third kappa shape index (κ3) is 2.29. The van der Waals surface area contributed by atoms with E-state index in [-0.39, 0.29) is 4.84 Å². The molecule has 0 unspecified atom stereocenters. The summed E-state index contributed by atoms with van der Waals surface area (Å²) < 4.78 is 10.6. The van der Waals surface area contributed by atoms with E-state index in [0.717, 1.165) is 21.2 Å². The molecule has 0 aliphatic rings. The molecule has 0 fully saturated rings. The summed E-state index contributed by atoms with van der Waals surface area (Å²) in [6.07, 6.45) is 1.71. The van der Waals surface area contributed by atoms with Gasteiger partial charge in [-0.2, -0.15) is 0 Å². The maximum Gasteiger partial charge on any atom is 0.284 e. The number of thiazole rings is 1. The third-order valence-electron chi connectivity index (χ3n) is 2.49. The fraction of sp³-hybridized carbons (Fsp3) is 0.0833. The topological polar surface area (TPSA) is 63.9 Å². The van der Waals surface area contributed by atoms with Crippen molar-refractivity contribution in [3.05, 3.63) is 35.3 Å². The molecule has 1 N–H and O–H groups in total. The van der Waals surface area contributed by atoms with Crippen molar-refractivity contribution in [3.8, 4) is 27.1 Å². The molecule has 0 aliphatic heterocycles. The largest absolute Gasteiger partial charge is 0.496 e. The quantitative estimate of drug-likeness (QED) is 0.748. The fourth-order valence-electron chi connectivity index (χ4n) is 1.65. The molecule has 7 heteroatoms. The summed E-state index contributed by atoms with van der Waals surface area (Å²) >= 11 is 6.32. The molecule has 3 aromatic rings. The van der Waals surface area contributed by atoms with Crippen molar-refractivity contribution in [1.29, 1.82) is 0 Å². The van der Waals surface area contributed by atoms with Crippen LogP contribution < -0.4 is 4.74 Å². The van der Waals surface area contributed by atoms with Crippen molar-refractivity contribution in [2.75, 3.05) is 7.11 Å². The summed E-state index contributed by atoms with van der Waals surface area (Å²) in [7, 11) is 1.64. The predicted molar refractivity (Wildman–Crippen MR) is 74.8 cm³/mol. The normalized spacial score (nSPS) is 10.6. The summed E-state index contributed by atoms with van der Waals surface area (Å²) in [5, 5.41) is 7.41. The Morgan fingerprint density at radius 2 is 2.21 bits per heavy atom. The number of ether oxygens (including phenoxy) is 1. The molecule has 2 heterocycles. The Bertz CT molecular complexity index is 760. The predicted octanol–water partition coefficient (Wildman–Crippen LogP) is 3.53. The molecule has 19 heavy (non-hydrogen) atoms. The summed E-state index contributed by atoms with van der Waals surface area (Å²) in [5.74, 6) is 1.23. The maximum atomic E-state index is 5.32. The van der Waals surface area contributed by atoms with Gasteiger partial charge in [0.05, 0.1) is 18.9 Å². The molecule has 0 bridgehead atoms. The van der Waals surface area contributed by atoms with Crippen LogP contribution in [0.15, 0.2) is 34.9 Å². The minimum atomic E-state index is 0.252. The molecule has 0 atom stereocenters. The van der Waals surface area contributed by atoms with Crippen LogP contribution in [0, 0.1) is 4.84 Å². The molecule has 96 valence electrons. The zero-order valence-corrected chi connectivity index (χ0v) is 11.5. The molecule has 0 saturated carbocycles. The van der Waals surface area contributed by atoms with Crippen LogP contribution in [0.2, 0.25) is 0 Å². The summed E-state index contributed by atoms with van der Waals surface area (Å²) in [6, 6.07) is 7.72. The standard InChI is InChI=1S/C12H9N3O2S2/c1-16-8-5-3-2-4-7(8)11-13-6-9(19-11)10-14-15-12(18)17-10/h2-6H,1H3,(H,15,18). The number of nitrogens with zero attached hydrogens (tertiary/aromatic N) is 2. The number of nitrogens with one attached hydrogen (secondary N) is 1. The molecule has 2 aromatic heterocycles. The lowest BCUT2D eigenvalue weighted by molar-refractivity contribution is 0.416. The van der Waals surface area contributed by atoms with Gasteiger partial charge in [0, 0.05) is 0 Å². The number of aromatic amines is 1. The highest BCUT2D eigenvalue weighted by Gasteiger charge is 2.13. The van der Waals surface area contributed by atoms with Crippen LogP contribution in [0.1, 0.15) is 0 Å². The number of benzene rings is 1. The minimum absolute atomic E-state index is 0.252. The van der Waals surface area contributed by atoms with Gasteiger partial charge in [0.15, 0.2) is 0 Å². The lowest BCUT2D eigenvalue weighted by Gasteiger charge is -2.04. The van der Waals surface area contributed by atoms with Crippen LogP contribution in [0.25, 0.3) is 21.3 Å². The fourth-order valence-corrected chi connectivity index (χ4v) is 2.65. The van der Waals surface area contributed by atoms with Crippen LogP contribution >= 0.6 is 23.6 Å². The van der Waals surface area contributed by atoms with Gasteiger partial charge in [-0.1, -0.05) is 12.1 Å². The average Bonchev–Trinajstić information content (AvgIpc) is 3.07. The molecular weight excluding hydrogens is 282 g/mol. The number of methoxy groups -OCH3 is 1. The van der Waals surface area contributed by atoms with E-state index < -0.39 is 0 Å². The van der Waals surface area contributed by atoms with Crippen molar-refractivity contribution in [3.63, 3.8) is 0 Å². The zero-order valence-electron chi connectivity index (χ0n) is 9.91. The van der Waals surface area contributed by atoms with E-state index in [2.05, 4.69) is 15.2 Å². The van der Waals surface area contributed by atoms with Crippen LogP contribution in [0.4, 0.5) is 0 Å². The molecule has 3 rings (SSSR count).